The first kappa shape index (κ1) is 27.8. The van der Waals surface area contributed by atoms with Crippen molar-refractivity contribution in [1.29, 1.82) is 0 Å². The zero-order valence-electron chi connectivity index (χ0n) is 15.1. The Morgan fingerprint density at radius 1 is 0.722 bits per heavy atom. The van der Waals surface area contributed by atoms with Gasteiger partial charge in [0.25, 0.3) is 0 Å². The summed E-state index contributed by atoms with van der Waals surface area (Å²) in [5.74, 6) is 0. The molecule has 0 fully saturated rings. The zero-order valence-corrected chi connectivity index (χ0v) is 17.1. The van der Waals surface area contributed by atoms with E-state index in [0.29, 0.717) is 12.1 Å². The van der Waals surface area contributed by atoms with Crippen molar-refractivity contribution in [2.24, 2.45) is 0 Å². The van der Waals surface area contributed by atoms with Crippen LogP contribution in [0.4, 0.5) is 0 Å². The molecule has 0 rings (SSSR count). The standard InChI is InChI=1S/C6H19NSi2.C6H14N.2Li/c1-8(2,3)7-9(4,5)6;1-5(2)7-6(3)4;;/h7H,1-6H3;5-6H,1-4H3;;/q;-1;;+1. The Morgan fingerprint density at radius 3 is 0.944 bits per heavy atom. The van der Waals surface area contributed by atoms with Crippen LogP contribution >= 0.6 is 0 Å². The molecular formula is C12H33Li2N2Si2. The molecule has 0 spiro atoms. The SMILES string of the molecule is CC(C)[N-]C(C)C.C[Si](C)(C)N[Si](C)(C)C.[Li+].[Li]. The Hall–Kier alpha value is 1.55. The van der Waals surface area contributed by atoms with E-state index in [2.05, 4.69) is 76.9 Å². The van der Waals surface area contributed by atoms with Crippen LogP contribution in [-0.2, 0) is 0 Å². The maximum Gasteiger partial charge on any atom is 1.00 e. The van der Waals surface area contributed by atoms with E-state index in [9.17, 15) is 0 Å². The Bertz CT molecular complexity index is 158. The number of nitrogens with one attached hydrogen (secondary N) is 1. The Balaban J connectivity index is -0.000000100. The van der Waals surface area contributed by atoms with Crippen molar-refractivity contribution < 1.29 is 18.9 Å². The van der Waals surface area contributed by atoms with Gasteiger partial charge in [-0.2, -0.15) is 0 Å². The van der Waals surface area contributed by atoms with Crippen LogP contribution in [0.15, 0.2) is 0 Å². The van der Waals surface area contributed by atoms with Gasteiger partial charge in [0.15, 0.2) is 0 Å². The summed E-state index contributed by atoms with van der Waals surface area (Å²) in [4.78, 5) is 0. The summed E-state index contributed by atoms with van der Waals surface area (Å²) in [6.45, 7) is 22.5. The molecule has 0 amide bonds. The minimum absolute atomic E-state index is 0. The van der Waals surface area contributed by atoms with Gasteiger partial charge >= 0.3 is 18.9 Å². The first-order valence-electron chi connectivity index (χ1n) is 6.33. The molecule has 0 unspecified atom stereocenters. The van der Waals surface area contributed by atoms with Crippen molar-refractivity contribution in [2.45, 2.75) is 79.1 Å². The van der Waals surface area contributed by atoms with Gasteiger partial charge < -0.3 is 9.96 Å². The van der Waals surface area contributed by atoms with Crippen LogP contribution in [0.25, 0.3) is 5.32 Å². The van der Waals surface area contributed by atoms with Crippen LogP contribution in [-0.4, -0.2) is 47.4 Å². The molecule has 0 bridgehead atoms. The summed E-state index contributed by atoms with van der Waals surface area (Å²) >= 11 is 0. The molecule has 0 aliphatic carbocycles. The van der Waals surface area contributed by atoms with Gasteiger partial charge in [-0.05, 0) is 0 Å². The molecule has 0 saturated heterocycles. The fraction of sp³-hybridized carbons (Fsp3) is 1.00. The van der Waals surface area contributed by atoms with Crippen LogP contribution in [0, 0.1) is 0 Å². The number of nitrogens with zero attached hydrogens (tertiary/aromatic N) is 1. The van der Waals surface area contributed by atoms with Crippen molar-refractivity contribution in [3.8, 4) is 0 Å². The number of hydrogen-bond donors (Lipinski definition) is 1. The molecule has 0 aliphatic rings. The average molecular weight is 275 g/mol. The van der Waals surface area contributed by atoms with Crippen LogP contribution in [0.1, 0.15) is 27.7 Å². The molecular weight excluding hydrogens is 242 g/mol. The van der Waals surface area contributed by atoms with Gasteiger partial charge in [0.2, 0.25) is 0 Å². The van der Waals surface area contributed by atoms with E-state index >= 15 is 0 Å². The minimum atomic E-state index is -0.981. The average Bonchev–Trinajstić information content (AvgIpc) is 1.72. The van der Waals surface area contributed by atoms with Gasteiger partial charge in [0, 0.05) is 18.9 Å². The molecule has 1 radical (unpaired) electrons. The van der Waals surface area contributed by atoms with Crippen molar-refractivity contribution in [2.75, 3.05) is 0 Å². The molecule has 101 valence electrons. The van der Waals surface area contributed by atoms with Crippen LogP contribution in [0.2, 0.25) is 39.3 Å². The summed E-state index contributed by atoms with van der Waals surface area (Å²) in [7, 11) is -1.96. The second-order valence-corrected chi connectivity index (χ2v) is 17.0. The third-order valence-electron chi connectivity index (χ3n) is 1.35. The predicted octanol–water partition coefficient (Wildman–Crippen LogP) is 1.05. The van der Waals surface area contributed by atoms with Crippen LogP contribution < -0.4 is 23.5 Å². The maximum atomic E-state index is 4.28. The monoisotopic (exact) mass is 275 g/mol. The van der Waals surface area contributed by atoms with Crippen molar-refractivity contribution in [3.63, 3.8) is 0 Å². The molecule has 0 aromatic heterocycles. The van der Waals surface area contributed by atoms with Gasteiger partial charge in [-0.25, -0.2) is 0 Å². The summed E-state index contributed by atoms with van der Waals surface area (Å²) in [5, 5.41) is 4.28. The molecule has 0 saturated carbocycles. The van der Waals surface area contributed by atoms with Gasteiger partial charge in [-0.3, -0.25) is 0 Å². The van der Waals surface area contributed by atoms with E-state index in [1.165, 1.54) is 0 Å². The van der Waals surface area contributed by atoms with Gasteiger partial charge in [0.1, 0.15) is 16.5 Å². The minimum Gasteiger partial charge on any atom is -0.658 e. The molecule has 2 nitrogen and oxygen atoms in total. The summed E-state index contributed by atoms with van der Waals surface area (Å²) < 4.78 is 3.74. The van der Waals surface area contributed by atoms with E-state index in [1.807, 2.05) is 0 Å². The van der Waals surface area contributed by atoms with Crippen molar-refractivity contribution >= 4 is 35.3 Å². The largest absolute Gasteiger partial charge is 1.00 e. The van der Waals surface area contributed by atoms with Crippen LogP contribution in [0.3, 0.4) is 0 Å². The van der Waals surface area contributed by atoms with Crippen molar-refractivity contribution in [1.82, 2.24) is 4.65 Å². The fourth-order valence-corrected chi connectivity index (χ4v) is 10.7. The quantitative estimate of drug-likeness (QED) is 0.763. The van der Waals surface area contributed by atoms with Gasteiger partial charge in [-0.15, -0.1) is 12.1 Å². The first-order chi connectivity index (χ1) is 6.83. The molecule has 1 N–H and O–H groups in total. The smallest absolute Gasteiger partial charge is 0.658 e. The van der Waals surface area contributed by atoms with Crippen LogP contribution in [0.5, 0.6) is 0 Å². The normalized spacial score (nSPS) is 11.3. The second kappa shape index (κ2) is 12.3. The predicted molar refractivity (Wildman–Crippen MR) is 89.2 cm³/mol. The Labute approximate surface area is 142 Å². The summed E-state index contributed by atoms with van der Waals surface area (Å²) in [6.07, 6.45) is 0. The fourth-order valence-electron chi connectivity index (χ4n) is 1.72. The van der Waals surface area contributed by atoms with E-state index in [-0.39, 0.29) is 37.7 Å². The van der Waals surface area contributed by atoms with E-state index in [4.69, 9.17) is 0 Å². The van der Waals surface area contributed by atoms with Gasteiger partial charge in [0.05, 0.1) is 0 Å². The van der Waals surface area contributed by atoms with E-state index in [0.717, 1.165) is 0 Å². The second-order valence-electron chi connectivity index (χ2n) is 6.96. The maximum absolute atomic E-state index is 4.28. The molecule has 0 aromatic carbocycles. The topological polar surface area (TPSA) is 26.1 Å². The summed E-state index contributed by atoms with van der Waals surface area (Å²) in [6, 6.07) is 1.000. The Morgan fingerprint density at radius 2 is 0.944 bits per heavy atom. The Kier molecular flexibility index (Phi) is 19.0. The molecule has 0 heterocycles. The molecule has 6 heteroatoms. The molecule has 0 aromatic rings. The number of rotatable bonds is 4. The molecule has 0 atom stereocenters. The zero-order chi connectivity index (χ0) is 13.6. The van der Waals surface area contributed by atoms with E-state index in [1.54, 1.807) is 0 Å². The number of hydrogen-bond acceptors (Lipinski definition) is 1. The molecule has 18 heavy (non-hydrogen) atoms. The summed E-state index contributed by atoms with van der Waals surface area (Å²) in [5.41, 5.74) is 0. The first-order valence-corrected chi connectivity index (χ1v) is 13.3. The van der Waals surface area contributed by atoms with Gasteiger partial charge in [-0.1, -0.05) is 67.0 Å². The molecule has 0 aliphatic heterocycles. The third kappa shape index (κ3) is 36.0. The van der Waals surface area contributed by atoms with Crippen molar-refractivity contribution in [3.05, 3.63) is 5.32 Å². The van der Waals surface area contributed by atoms with E-state index < -0.39 is 16.5 Å². The third-order valence-corrected chi connectivity index (χ3v) is 7.35.